The molecule has 2 rings (SSSR count). The van der Waals surface area contributed by atoms with Gasteiger partial charge in [0, 0.05) is 18.3 Å². The van der Waals surface area contributed by atoms with Crippen molar-refractivity contribution < 1.29 is 14.5 Å². The van der Waals surface area contributed by atoms with E-state index in [1.165, 1.54) is 19.2 Å². The summed E-state index contributed by atoms with van der Waals surface area (Å²) in [5.41, 5.74) is -0.256. The molecule has 0 spiro atoms. The molecule has 1 fully saturated rings. The topological polar surface area (TPSA) is 93.5 Å². The van der Waals surface area contributed by atoms with Gasteiger partial charge in [-0.2, -0.15) is 0 Å². The molecular formula is C14H20ClN3O4. The number of nitrogens with zero attached hydrogens (tertiary/aromatic N) is 1. The lowest BCUT2D eigenvalue weighted by atomic mass is 9.82. The number of rotatable bonds is 4. The molecule has 1 heterocycles. The summed E-state index contributed by atoms with van der Waals surface area (Å²) in [6, 6.07) is 4.40. The highest BCUT2D eigenvalue weighted by Crippen LogP contribution is 2.32. The molecule has 0 bridgehead atoms. The first-order valence-corrected chi connectivity index (χ1v) is 6.81. The van der Waals surface area contributed by atoms with Gasteiger partial charge in [0.05, 0.1) is 17.4 Å². The van der Waals surface area contributed by atoms with E-state index in [-0.39, 0.29) is 29.8 Å². The van der Waals surface area contributed by atoms with Crippen molar-refractivity contribution in [1.82, 2.24) is 5.32 Å². The Morgan fingerprint density at radius 1 is 1.50 bits per heavy atom. The van der Waals surface area contributed by atoms with E-state index in [1.807, 2.05) is 6.92 Å². The maximum absolute atomic E-state index is 12.4. The van der Waals surface area contributed by atoms with Gasteiger partial charge in [-0.05, 0) is 38.4 Å². The number of anilines is 1. The van der Waals surface area contributed by atoms with Crippen LogP contribution in [0.2, 0.25) is 0 Å². The van der Waals surface area contributed by atoms with Crippen molar-refractivity contribution >= 4 is 29.7 Å². The predicted octanol–water partition coefficient (Wildman–Crippen LogP) is 2.35. The maximum atomic E-state index is 12.4. The number of benzene rings is 1. The molecule has 1 aromatic carbocycles. The van der Waals surface area contributed by atoms with Crippen molar-refractivity contribution in [1.29, 1.82) is 0 Å². The van der Waals surface area contributed by atoms with Crippen LogP contribution in [0.3, 0.4) is 0 Å². The quantitative estimate of drug-likeness (QED) is 0.653. The minimum absolute atomic E-state index is 0. The molecule has 1 aliphatic heterocycles. The average Bonchev–Trinajstić information content (AvgIpc) is 2.47. The van der Waals surface area contributed by atoms with Crippen LogP contribution in [0.25, 0.3) is 0 Å². The number of halogens is 1. The van der Waals surface area contributed by atoms with Gasteiger partial charge < -0.3 is 15.4 Å². The van der Waals surface area contributed by atoms with Crippen LogP contribution in [0.15, 0.2) is 18.2 Å². The van der Waals surface area contributed by atoms with Crippen LogP contribution in [-0.4, -0.2) is 31.0 Å². The van der Waals surface area contributed by atoms with Crippen LogP contribution < -0.4 is 15.4 Å². The van der Waals surface area contributed by atoms with Crippen molar-refractivity contribution in [2.45, 2.75) is 19.8 Å². The zero-order valence-corrected chi connectivity index (χ0v) is 13.4. The Kier molecular flexibility index (Phi) is 6.13. The number of nitrogens with one attached hydrogen (secondary N) is 2. The Morgan fingerprint density at radius 3 is 2.77 bits per heavy atom. The molecule has 1 aliphatic rings. The first-order valence-electron chi connectivity index (χ1n) is 6.81. The minimum atomic E-state index is -0.529. The summed E-state index contributed by atoms with van der Waals surface area (Å²) < 4.78 is 4.94. The molecule has 1 atom stereocenters. The maximum Gasteiger partial charge on any atom is 0.312 e. The summed E-state index contributed by atoms with van der Waals surface area (Å²) in [5, 5.41) is 16.9. The van der Waals surface area contributed by atoms with Crippen LogP contribution in [-0.2, 0) is 4.79 Å². The number of amides is 1. The number of methoxy groups -OCH3 is 1. The van der Waals surface area contributed by atoms with Gasteiger partial charge in [0.1, 0.15) is 0 Å². The smallest absolute Gasteiger partial charge is 0.312 e. The largest absolute Gasteiger partial charge is 0.490 e. The lowest BCUT2D eigenvalue weighted by molar-refractivity contribution is -0.385. The normalized spacial score (nSPS) is 20.6. The van der Waals surface area contributed by atoms with Gasteiger partial charge >= 0.3 is 5.69 Å². The van der Waals surface area contributed by atoms with E-state index in [0.717, 1.165) is 19.4 Å². The highest BCUT2D eigenvalue weighted by Gasteiger charge is 2.34. The van der Waals surface area contributed by atoms with Gasteiger partial charge in [-0.1, -0.05) is 0 Å². The fourth-order valence-corrected chi connectivity index (χ4v) is 2.44. The van der Waals surface area contributed by atoms with Gasteiger partial charge in [0.2, 0.25) is 5.91 Å². The Labute approximate surface area is 135 Å². The standard InChI is InChI=1S/C14H19N3O4.ClH/c1-14(6-3-7-15-9-14)13(18)16-10-4-5-12(21-2)11(8-10)17(19)20;/h4-5,8,15H,3,6-7,9H2,1-2H3,(H,16,18);1H. The van der Waals surface area contributed by atoms with Crippen molar-refractivity contribution in [3.63, 3.8) is 0 Å². The summed E-state index contributed by atoms with van der Waals surface area (Å²) in [7, 11) is 1.37. The van der Waals surface area contributed by atoms with Crippen LogP contribution in [0, 0.1) is 15.5 Å². The molecule has 122 valence electrons. The molecule has 7 nitrogen and oxygen atoms in total. The number of piperidine rings is 1. The van der Waals surface area contributed by atoms with Gasteiger partial charge in [-0.15, -0.1) is 12.4 Å². The van der Waals surface area contributed by atoms with E-state index in [9.17, 15) is 14.9 Å². The summed E-state index contributed by atoms with van der Waals surface area (Å²) >= 11 is 0. The number of hydrogen-bond donors (Lipinski definition) is 2. The second-order valence-corrected chi connectivity index (χ2v) is 5.44. The number of carbonyl (C=O) groups excluding carboxylic acids is 1. The SMILES string of the molecule is COc1ccc(NC(=O)C2(C)CCCNC2)cc1[N+](=O)[O-].Cl. The van der Waals surface area contributed by atoms with Gasteiger partial charge in [0.15, 0.2) is 5.75 Å². The van der Waals surface area contributed by atoms with Gasteiger partial charge in [-0.25, -0.2) is 0 Å². The Bertz CT molecular complexity index is 559. The molecule has 0 aromatic heterocycles. The van der Waals surface area contributed by atoms with Crippen molar-refractivity contribution in [3.05, 3.63) is 28.3 Å². The Hall–Kier alpha value is -1.86. The molecule has 1 amide bonds. The minimum Gasteiger partial charge on any atom is -0.490 e. The van der Waals surface area contributed by atoms with Crippen LogP contribution in [0.5, 0.6) is 5.75 Å². The lowest BCUT2D eigenvalue weighted by Crippen LogP contribution is -2.46. The second-order valence-electron chi connectivity index (χ2n) is 5.44. The monoisotopic (exact) mass is 329 g/mol. The van der Waals surface area contributed by atoms with Gasteiger partial charge in [-0.3, -0.25) is 14.9 Å². The fraction of sp³-hybridized carbons (Fsp3) is 0.500. The summed E-state index contributed by atoms with van der Waals surface area (Å²) in [6.07, 6.45) is 1.73. The van der Waals surface area contributed by atoms with E-state index >= 15 is 0 Å². The van der Waals surface area contributed by atoms with E-state index in [0.29, 0.717) is 12.2 Å². The lowest BCUT2D eigenvalue weighted by Gasteiger charge is -2.32. The Balaban J connectivity index is 0.00000242. The average molecular weight is 330 g/mol. The molecule has 0 saturated carbocycles. The molecule has 1 unspecified atom stereocenters. The number of ether oxygens (including phenoxy) is 1. The van der Waals surface area contributed by atoms with E-state index in [4.69, 9.17) is 4.74 Å². The number of carbonyl (C=O) groups is 1. The number of hydrogen-bond acceptors (Lipinski definition) is 5. The van der Waals surface area contributed by atoms with E-state index in [1.54, 1.807) is 6.07 Å². The fourth-order valence-electron chi connectivity index (χ4n) is 2.44. The zero-order valence-electron chi connectivity index (χ0n) is 12.5. The predicted molar refractivity (Wildman–Crippen MR) is 85.7 cm³/mol. The summed E-state index contributed by atoms with van der Waals surface area (Å²) in [5.74, 6) is 0.0395. The van der Waals surface area contributed by atoms with Crippen molar-refractivity contribution in [2.24, 2.45) is 5.41 Å². The number of nitro groups is 1. The first kappa shape index (κ1) is 18.2. The highest BCUT2D eigenvalue weighted by molar-refractivity contribution is 5.95. The molecule has 1 saturated heterocycles. The third-order valence-electron chi connectivity index (χ3n) is 3.78. The summed E-state index contributed by atoms with van der Waals surface area (Å²) in [4.78, 5) is 22.8. The van der Waals surface area contributed by atoms with E-state index < -0.39 is 10.3 Å². The third kappa shape index (κ3) is 3.86. The molecule has 22 heavy (non-hydrogen) atoms. The van der Waals surface area contributed by atoms with Gasteiger partial charge in [0.25, 0.3) is 0 Å². The first-order chi connectivity index (χ1) is 9.96. The van der Waals surface area contributed by atoms with Crippen LogP contribution >= 0.6 is 12.4 Å². The number of nitro benzene ring substituents is 1. The van der Waals surface area contributed by atoms with Crippen LogP contribution in [0.1, 0.15) is 19.8 Å². The molecular weight excluding hydrogens is 310 g/mol. The van der Waals surface area contributed by atoms with Crippen molar-refractivity contribution in [2.75, 3.05) is 25.5 Å². The van der Waals surface area contributed by atoms with Crippen molar-refractivity contribution in [3.8, 4) is 5.75 Å². The van der Waals surface area contributed by atoms with Crippen LogP contribution in [0.4, 0.5) is 11.4 Å². The molecule has 2 N–H and O–H groups in total. The zero-order chi connectivity index (χ0) is 15.5. The van der Waals surface area contributed by atoms with E-state index in [2.05, 4.69) is 10.6 Å². The third-order valence-corrected chi connectivity index (χ3v) is 3.78. The molecule has 0 radical (unpaired) electrons. The molecule has 0 aliphatic carbocycles. The molecule has 8 heteroatoms. The second kappa shape index (κ2) is 7.42. The summed E-state index contributed by atoms with van der Waals surface area (Å²) in [6.45, 7) is 3.42. The Morgan fingerprint density at radius 2 is 2.23 bits per heavy atom. The molecule has 1 aromatic rings. The highest BCUT2D eigenvalue weighted by atomic mass is 35.5.